The Hall–Kier alpha value is -2.65. The maximum Gasteiger partial charge on any atom is 0.123 e. The van der Waals surface area contributed by atoms with Crippen molar-refractivity contribution in [1.29, 1.82) is 0 Å². The summed E-state index contributed by atoms with van der Waals surface area (Å²) in [5.74, 6) is 1.04. The Bertz CT molecular complexity index is 950. The molecule has 1 aliphatic heterocycles. The highest BCUT2D eigenvalue weighted by molar-refractivity contribution is 5.79. The van der Waals surface area contributed by atoms with E-state index in [1.807, 2.05) is 6.20 Å². The number of rotatable bonds is 4. The molecular weight excluding hydrogens is 342 g/mol. The number of hydrogen-bond donors (Lipinski definition) is 2. The minimum atomic E-state index is 0.165. The van der Waals surface area contributed by atoms with Crippen molar-refractivity contribution in [2.45, 2.75) is 45.1 Å². The molecule has 2 N–H and O–H groups in total. The van der Waals surface area contributed by atoms with Crippen LogP contribution in [0.4, 0.5) is 0 Å². The Morgan fingerprint density at radius 3 is 2.21 bits per heavy atom. The highest BCUT2D eigenvalue weighted by atomic mass is 15.0. The van der Waals surface area contributed by atoms with E-state index in [1.165, 1.54) is 12.0 Å². The molecule has 1 atom stereocenters. The van der Waals surface area contributed by atoms with Gasteiger partial charge in [-0.25, -0.2) is 4.98 Å². The molecule has 0 saturated carbocycles. The zero-order chi connectivity index (χ0) is 19.7. The molecule has 1 saturated heterocycles. The molecule has 0 spiro atoms. The summed E-state index contributed by atoms with van der Waals surface area (Å²) in [6, 6.07) is 17.7. The van der Waals surface area contributed by atoms with Crippen molar-refractivity contribution in [3.05, 3.63) is 83.8 Å². The quantitative estimate of drug-likeness (QED) is 0.603. The lowest BCUT2D eigenvalue weighted by Crippen LogP contribution is -2.14. The molecule has 28 heavy (non-hydrogen) atoms. The normalized spacial score (nSPS) is 17.0. The van der Waals surface area contributed by atoms with Gasteiger partial charge >= 0.3 is 0 Å². The number of hydrogen-bond acceptors (Lipinski definition) is 2. The maximum absolute atomic E-state index is 4.57. The second-order valence-corrected chi connectivity index (χ2v) is 8.71. The van der Waals surface area contributed by atoms with Gasteiger partial charge in [-0.05, 0) is 52.6 Å². The molecule has 0 radical (unpaired) electrons. The minimum Gasteiger partial charge on any atom is -0.341 e. The Morgan fingerprint density at radius 2 is 1.64 bits per heavy atom. The van der Waals surface area contributed by atoms with Crippen LogP contribution in [0.3, 0.4) is 0 Å². The van der Waals surface area contributed by atoms with Gasteiger partial charge in [0, 0.05) is 0 Å². The molecule has 3 nitrogen and oxygen atoms in total. The van der Waals surface area contributed by atoms with Crippen LogP contribution in [0.15, 0.2) is 61.3 Å². The zero-order valence-electron chi connectivity index (χ0n) is 17.0. The van der Waals surface area contributed by atoms with Crippen LogP contribution in [-0.2, 0) is 5.41 Å². The van der Waals surface area contributed by atoms with Crippen LogP contribution < -0.4 is 5.32 Å². The van der Waals surface area contributed by atoms with E-state index in [1.54, 1.807) is 0 Å². The third-order valence-electron chi connectivity index (χ3n) is 5.63. The highest BCUT2D eigenvalue weighted by Crippen LogP contribution is 2.29. The molecule has 144 valence electrons. The smallest absolute Gasteiger partial charge is 0.123 e. The Kier molecular flexibility index (Phi) is 4.94. The summed E-state index contributed by atoms with van der Waals surface area (Å²) < 4.78 is 0. The molecule has 2 aromatic carbocycles. The van der Waals surface area contributed by atoms with E-state index in [0.29, 0.717) is 6.04 Å². The van der Waals surface area contributed by atoms with Crippen LogP contribution >= 0.6 is 0 Å². The van der Waals surface area contributed by atoms with E-state index in [-0.39, 0.29) is 5.41 Å². The first-order valence-electron chi connectivity index (χ1n) is 10.1. The van der Waals surface area contributed by atoms with Crippen molar-refractivity contribution < 1.29 is 0 Å². The summed E-state index contributed by atoms with van der Waals surface area (Å²) in [6.07, 6.45) is 4.30. The van der Waals surface area contributed by atoms with Gasteiger partial charge in [0.15, 0.2) is 0 Å². The van der Waals surface area contributed by atoms with E-state index in [4.69, 9.17) is 0 Å². The second-order valence-electron chi connectivity index (χ2n) is 8.71. The van der Waals surface area contributed by atoms with E-state index >= 15 is 0 Å². The standard InChI is InChI=1S/C25H29N3/c1-17(19-11-13-21(14-12-19)25(2,3)4)18-7-9-20(10-8-18)23-16-27-24(28-23)22-6-5-15-26-22/h7-14,16,22,26H,1,5-6,15H2,2-4H3,(H,27,28)/t22-/m0/s1. The number of nitrogens with one attached hydrogen (secondary N) is 2. The van der Waals surface area contributed by atoms with Crippen molar-refractivity contribution >= 4 is 5.57 Å². The van der Waals surface area contributed by atoms with Crippen molar-refractivity contribution in [2.75, 3.05) is 6.54 Å². The average molecular weight is 372 g/mol. The monoisotopic (exact) mass is 371 g/mol. The maximum atomic E-state index is 4.57. The predicted octanol–water partition coefficient (Wildman–Crippen LogP) is 5.86. The van der Waals surface area contributed by atoms with E-state index in [2.05, 4.69) is 91.2 Å². The van der Waals surface area contributed by atoms with Crippen molar-refractivity contribution in [3.8, 4) is 11.3 Å². The molecule has 3 heteroatoms. The fourth-order valence-electron chi connectivity index (χ4n) is 3.77. The first-order chi connectivity index (χ1) is 13.4. The molecule has 4 rings (SSSR count). The van der Waals surface area contributed by atoms with Gasteiger partial charge in [0.05, 0.1) is 17.9 Å². The fraction of sp³-hybridized carbons (Fsp3) is 0.320. The van der Waals surface area contributed by atoms with Crippen molar-refractivity contribution in [3.63, 3.8) is 0 Å². The van der Waals surface area contributed by atoms with Crippen LogP contribution in [-0.4, -0.2) is 16.5 Å². The lowest BCUT2D eigenvalue weighted by Gasteiger charge is -2.19. The van der Waals surface area contributed by atoms with Crippen molar-refractivity contribution in [2.24, 2.45) is 0 Å². The molecule has 0 bridgehead atoms. The average Bonchev–Trinajstić information content (AvgIpc) is 3.38. The van der Waals surface area contributed by atoms with Crippen LogP contribution in [0.1, 0.15) is 62.2 Å². The number of nitrogens with zero attached hydrogens (tertiary/aromatic N) is 1. The Balaban J connectivity index is 1.50. The molecule has 0 unspecified atom stereocenters. The topological polar surface area (TPSA) is 40.7 Å². The molecule has 1 fully saturated rings. The first-order valence-corrected chi connectivity index (χ1v) is 10.1. The van der Waals surface area contributed by atoms with E-state index < -0.39 is 0 Å². The van der Waals surface area contributed by atoms with Gasteiger partial charge in [-0.3, -0.25) is 0 Å². The van der Waals surface area contributed by atoms with Gasteiger partial charge in [-0.1, -0.05) is 75.9 Å². The minimum absolute atomic E-state index is 0.165. The Labute approximate surface area is 167 Å². The third-order valence-corrected chi connectivity index (χ3v) is 5.63. The Morgan fingerprint density at radius 1 is 1.00 bits per heavy atom. The number of aromatic amines is 1. The summed E-state index contributed by atoms with van der Waals surface area (Å²) in [5, 5.41) is 3.49. The molecule has 0 aliphatic carbocycles. The van der Waals surface area contributed by atoms with Gasteiger partial charge in [0.25, 0.3) is 0 Å². The SMILES string of the molecule is C=C(c1ccc(-c2cnc([C@@H]3CCCN3)[nH]2)cc1)c1ccc(C(C)(C)C)cc1. The molecule has 0 amide bonds. The molecule has 2 heterocycles. The third kappa shape index (κ3) is 3.81. The van der Waals surface area contributed by atoms with Crippen molar-refractivity contribution in [1.82, 2.24) is 15.3 Å². The molecular formula is C25H29N3. The van der Waals surface area contributed by atoms with Crippen LogP contribution in [0, 0.1) is 0 Å². The fourth-order valence-corrected chi connectivity index (χ4v) is 3.77. The van der Waals surface area contributed by atoms with Gasteiger partial charge in [-0.2, -0.15) is 0 Å². The van der Waals surface area contributed by atoms with E-state index in [9.17, 15) is 0 Å². The molecule has 1 aliphatic rings. The number of imidazole rings is 1. The number of H-pyrrole nitrogens is 1. The van der Waals surface area contributed by atoms with Crippen LogP contribution in [0.25, 0.3) is 16.8 Å². The molecule has 1 aromatic heterocycles. The van der Waals surface area contributed by atoms with Crippen LogP contribution in [0.5, 0.6) is 0 Å². The summed E-state index contributed by atoms with van der Waals surface area (Å²) >= 11 is 0. The summed E-state index contributed by atoms with van der Waals surface area (Å²) in [5.41, 5.74) is 7.07. The first kappa shape index (κ1) is 18.7. The van der Waals surface area contributed by atoms with Gasteiger partial charge < -0.3 is 10.3 Å². The number of aromatic nitrogens is 2. The largest absolute Gasteiger partial charge is 0.341 e. The highest BCUT2D eigenvalue weighted by Gasteiger charge is 2.19. The van der Waals surface area contributed by atoms with Gasteiger partial charge in [0.2, 0.25) is 0 Å². The van der Waals surface area contributed by atoms with E-state index in [0.717, 1.165) is 46.7 Å². The van der Waals surface area contributed by atoms with Gasteiger partial charge in [-0.15, -0.1) is 0 Å². The number of benzene rings is 2. The predicted molar refractivity (Wildman–Crippen MR) is 117 cm³/mol. The molecule has 3 aromatic rings. The van der Waals surface area contributed by atoms with Crippen LogP contribution in [0.2, 0.25) is 0 Å². The summed E-state index contributed by atoms with van der Waals surface area (Å²) in [4.78, 5) is 8.05. The zero-order valence-corrected chi connectivity index (χ0v) is 17.0. The lowest BCUT2D eigenvalue weighted by molar-refractivity contribution is 0.590. The lowest BCUT2D eigenvalue weighted by atomic mass is 9.86. The summed E-state index contributed by atoms with van der Waals surface area (Å²) in [7, 11) is 0. The second kappa shape index (κ2) is 7.40. The van der Waals surface area contributed by atoms with Gasteiger partial charge in [0.1, 0.15) is 5.82 Å². The summed E-state index contributed by atoms with van der Waals surface area (Å²) in [6.45, 7) is 12.1.